The third-order valence-electron chi connectivity index (χ3n) is 1.47. The Hall–Kier alpha value is -1.23. The number of nitrogens with zero attached hydrogens (tertiary/aromatic N) is 2. The van der Waals surface area contributed by atoms with Gasteiger partial charge in [0, 0.05) is 11.4 Å². The largest absolute Gasteiger partial charge is 0.247 e. The fourth-order valence-corrected chi connectivity index (χ4v) is 1.85. The number of hydrogen-bond donors (Lipinski definition) is 0. The normalized spacial score (nSPS) is 13.9. The highest BCUT2D eigenvalue weighted by Crippen LogP contribution is 2.04. The van der Waals surface area contributed by atoms with Crippen LogP contribution in [0.1, 0.15) is 27.7 Å². The Morgan fingerprint density at radius 2 is 1.13 bits per heavy atom. The molecule has 0 saturated heterocycles. The van der Waals surface area contributed by atoms with Crippen molar-refractivity contribution in [3.05, 3.63) is 24.6 Å². The number of sulfone groups is 1. The maximum atomic E-state index is 11.8. The van der Waals surface area contributed by atoms with Crippen molar-refractivity contribution in [2.24, 2.45) is 9.98 Å². The lowest BCUT2D eigenvalue weighted by Gasteiger charge is -2.03. The van der Waals surface area contributed by atoms with Crippen LogP contribution in [0, 0.1) is 0 Å². The Kier molecular flexibility index (Phi) is 4.61. The lowest BCUT2D eigenvalue weighted by atomic mass is 10.6. The third-order valence-corrected chi connectivity index (χ3v) is 3.21. The van der Waals surface area contributed by atoms with Crippen LogP contribution in [0.15, 0.2) is 34.5 Å². The summed E-state index contributed by atoms with van der Waals surface area (Å²) in [5.41, 5.74) is 0.887. The van der Waals surface area contributed by atoms with E-state index in [-0.39, 0.29) is 10.1 Å². The van der Waals surface area contributed by atoms with Crippen molar-refractivity contribution < 1.29 is 8.42 Å². The molecule has 0 unspecified atom stereocenters. The molecule has 0 rings (SSSR count). The molecule has 0 aliphatic heterocycles. The summed E-state index contributed by atoms with van der Waals surface area (Å²) in [6.07, 6.45) is 0. The van der Waals surface area contributed by atoms with E-state index in [0.29, 0.717) is 11.4 Å². The summed E-state index contributed by atoms with van der Waals surface area (Å²) in [6.45, 7) is 13.1. The molecular weight excluding hydrogens is 212 g/mol. The van der Waals surface area contributed by atoms with Gasteiger partial charge >= 0.3 is 0 Å². The van der Waals surface area contributed by atoms with E-state index in [1.54, 1.807) is 13.8 Å². The van der Waals surface area contributed by atoms with Crippen LogP contribution < -0.4 is 0 Å². The van der Waals surface area contributed by atoms with Gasteiger partial charge in [-0.3, -0.25) is 0 Å². The Bertz CT molecular complexity index is 406. The first-order chi connectivity index (χ1) is 6.67. The third kappa shape index (κ3) is 4.20. The van der Waals surface area contributed by atoms with Crippen molar-refractivity contribution in [3.8, 4) is 0 Å². The van der Waals surface area contributed by atoms with E-state index in [1.165, 1.54) is 13.8 Å². The molecule has 0 bridgehead atoms. The predicted octanol–water partition coefficient (Wildman–Crippen LogP) is 2.31. The van der Waals surface area contributed by atoms with Crippen molar-refractivity contribution in [1.29, 1.82) is 0 Å². The summed E-state index contributed by atoms with van der Waals surface area (Å²) in [6, 6.07) is 0. The topological polar surface area (TPSA) is 58.9 Å². The van der Waals surface area contributed by atoms with Gasteiger partial charge in [-0.05, 0) is 27.7 Å². The molecule has 0 radical (unpaired) electrons. The fourth-order valence-electron chi connectivity index (χ4n) is 0.871. The molecule has 0 atom stereocenters. The molecule has 0 aromatic rings. The van der Waals surface area contributed by atoms with Crippen molar-refractivity contribution in [3.63, 3.8) is 0 Å². The Labute approximate surface area is 91.1 Å². The average molecular weight is 228 g/mol. The highest BCUT2D eigenvalue weighted by atomic mass is 32.2. The zero-order chi connectivity index (χ0) is 12.2. The van der Waals surface area contributed by atoms with Crippen LogP contribution >= 0.6 is 0 Å². The molecule has 0 aromatic carbocycles. The van der Waals surface area contributed by atoms with Gasteiger partial charge < -0.3 is 0 Å². The minimum Gasteiger partial charge on any atom is -0.247 e. The van der Waals surface area contributed by atoms with Crippen molar-refractivity contribution in [2.45, 2.75) is 27.7 Å². The Balaban J connectivity index is 5.35. The lowest BCUT2D eigenvalue weighted by Crippen LogP contribution is -2.19. The zero-order valence-electron chi connectivity index (χ0n) is 9.53. The minimum absolute atomic E-state index is 0.00231. The first-order valence-corrected chi connectivity index (χ1v) is 5.83. The average Bonchev–Trinajstić information content (AvgIpc) is 2.01. The van der Waals surface area contributed by atoms with Gasteiger partial charge in [0.05, 0.1) is 0 Å². The standard InChI is InChI=1S/C10H16N2O2S/c1-7(2)11-9(5)15(13,14)10(6)12-8(3)4/h1,3H2,2,4-6H3. The minimum atomic E-state index is -3.55. The molecule has 0 aliphatic carbocycles. The Morgan fingerprint density at radius 1 is 0.867 bits per heavy atom. The first-order valence-electron chi connectivity index (χ1n) is 4.34. The molecule has 0 aromatic heterocycles. The van der Waals surface area contributed by atoms with Gasteiger partial charge in [-0.15, -0.1) is 0 Å². The van der Waals surface area contributed by atoms with Gasteiger partial charge in [-0.2, -0.15) is 0 Å². The van der Waals surface area contributed by atoms with E-state index >= 15 is 0 Å². The molecule has 4 nitrogen and oxygen atoms in total. The van der Waals surface area contributed by atoms with E-state index in [1.807, 2.05) is 0 Å². The highest BCUT2D eigenvalue weighted by Gasteiger charge is 2.19. The molecule has 0 saturated carbocycles. The smallest absolute Gasteiger partial charge is 0.232 e. The number of hydrogen-bond acceptors (Lipinski definition) is 4. The second-order valence-electron chi connectivity index (χ2n) is 3.24. The summed E-state index contributed by atoms with van der Waals surface area (Å²) >= 11 is 0. The van der Waals surface area contributed by atoms with Crippen LogP contribution in [0.2, 0.25) is 0 Å². The van der Waals surface area contributed by atoms with Gasteiger partial charge in [0.1, 0.15) is 10.1 Å². The molecule has 0 amide bonds. The number of aliphatic imine (C=N–C) groups is 2. The quantitative estimate of drug-likeness (QED) is 0.538. The van der Waals surface area contributed by atoms with Gasteiger partial charge in [0.15, 0.2) is 0 Å². The van der Waals surface area contributed by atoms with E-state index in [0.717, 1.165) is 0 Å². The summed E-state index contributed by atoms with van der Waals surface area (Å²) in [4.78, 5) is 7.60. The van der Waals surface area contributed by atoms with Gasteiger partial charge in [-0.25, -0.2) is 18.4 Å². The monoisotopic (exact) mass is 228 g/mol. The zero-order valence-corrected chi connectivity index (χ0v) is 10.3. The van der Waals surface area contributed by atoms with Crippen LogP contribution in [0.3, 0.4) is 0 Å². The maximum absolute atomic E-state index is 11.8. The van der Waals surface area contributed by atoms with E-state index in [4.69, 9.17) is 0 Å². The van der Waals surface area contributed by atoms with Crippen LogP contribution in [0.4, 0.5) is 0 Å². The maximum Gasteiger partial charge on any atom is 0.232 e. The van der Waals surface area contributed by atoms with Crippen LogP contribution in [0.25, 0.3) is 0 Å². The predicted molar refractivity (Wildman–Crippen MR) is 64.8 cm³/mol. The summed E-state index contributed by atoms with van der Waals surface area (Å²) in [5.74, 6) is 0. The van der Waals surface area contributed by atoms with Crippen molar-refractivity contribution in [1.82, 2.24) is 0 Å². The molecular formula is C10H16N2O2S. The van der Waals surface area contributed by atoms with Gasteiger partial charge in [0.2, 0.25) is 9.84 Å². The molecule has 0 fully saturated rings. The van der Waals surface area contributed by atoms with Gasteiger partial charge in [0.25, 0.3) is 0 Å². The second kappa shape index (κ2) is 5.02. The number of allylic oxidation sites excluding steroid dienone is 2. The summed E-state index contributed by atoms with van der Waals surface area (Å²) in [7, 11) is -3.55. The van der Waals surface area contributed by atoms with E-state index in [2.05, 4.69) is 23.1 Å². The first kappa shape index (κ1) is 13.8. The molecule has 0 aliphatic rings. The molecule has 15 heavy (non-hydrogen) atoms. The molecule has 84 valence electrons. The van der Waals surface area contributed by atoms with Crippen LogP contribution in [0.5, 0.6) is 0 Å². The van der Waals surface area contributed by atoms with E-state index in [9.17, 15) is 8.42 Å². The lowest BCUT2D eigenvalue weighted by molar-refractivity contribution is 0.617. The van der Waals surface area contributed by atoms with Crippen molar-refractivity contribution >= 4 is 19.9 Å². The van der Waals surface area contributed by atoms with Crippen molar-refractivity contribution in [2.75, 3.05) is 0 Å². The van der Waals surface area contributed by atoms with Crippen LogP contribution in [-0.4, -0.2) is 18.5 Å². The Morgan fingerprint density at radius 3 is 1.33 bits per heavy atom. The number of rotatable bonds is 2. The van der Waals surface area contributed by atoms with Crippen LogP contribution in [-0.2, 0) is 9.84 Å². The molecule has 0 N–H and O–H groups in total. The molecule has 0 spiro atoms. The summed E-state index contributed by atoms with van der Waals surface area (Å²) in [5, 5.41) is -0.00463. The summed E-state index contributed by atoms with van der Waals surface area (Å²) < 4.78 is 23.5. The fraction of sp³-hybridized carbons (Fsp3) is 0.400. The SMILES string of the molecule is C=C(C)N=C(C)S(=O)(=O)C(C)=NC(=C)C. The second-order valence-corrected chi connectivity index (χ2v) is 5.42. The van der Waals surface area contributed by atoms with Gasteiger partial charge in [-0.1, -0.05) is 13.2 Å². The van der Waals surface area contributed by atoms with E-state index < -0.39 is 9.84 Å². The molecule has 0 heterocycles. The highest BCUT2D eigenvalue weighted by molar-refractivity contribution is 8.19. The molecule has 5 heteroatoms.